The van der Waals surface area contributed by atoms with Gasteiger partial charge in [0.15, 0.2) is 0 Å². The largest absolute Gasteiger partial charge is 0.462 e. The van der Waals surface area contributed by atoms with Crippen molar-refractivity contribution in [1.29, 1.82) is 0 Å². The zero-order chi connectivity index (χ0) is 14.2. The van der Waals surface area contributed by atoms with E-state index in [1.807, 2.05) is 30.3 Å². The van der Waals surface area contributed by atoms with Crippen molar-refractivity contribution in [2.45, 2.75) is 18.8 Å². The molecule has 0 radical (unpaired) electrons. The van der Waals surface area contributed by atoms with Gasteiger partial charge in [-0.3, -0.25) is 0 Å². The fraction of sp³-hybridized carbons (Fsp3) is 0.312. The molecule has 1 saturated carbocycles. The normalized spacial score (nSPS) is 19.8. The maximum absolute atomic E-state index is 12.7. The Morgan fingerprint density at radius 3 is 2.65 bits per heavy atom. The molecule has 0 N–H and O–H groups in total. The van der Waals surface area contributed by atoms with E-state index in [9.17, 15) is 13.6 Å². The maximum atomic E-state index is 12.7. The molecule has 1 aliphatic rings. The van der Waals surface area contributed by atoms with E-state index in [1.54, 1.807) is 12.1 Å². The van der Waals surface area contributed by atoms with Gasteiger partial charge in [0.1, 0.15) is 0 Å². The second kappa shape index (κ2) is 4.85. The highest BCUT2D eigenvalue weighted by molar-refractivity contribution is 6.04. The predicted molar refractivity (Wildman–Crippen MR) is 71.9 cm³/mol. The number of carbonyl (C=O) groups is 1. The van der Waals surface area contributed by atoms with Crippen molar-refractivity contribution in [3.63, 3.8) is 0 Å². The van der Waals surface area contributed by atoms with E-state index in [0.717, 1.165) is 10.8 Å². The SMILES string of the molecule is O=C(OCCC1CC1(F)F)c1cccc2ccccc12. The van der Waals surface area contributed by atoms with E-state index in [4.69, 9.17) is 4.74 Å². The van der Waals surface area contributed by atoms with E-state index in [0.29, 0.717) is 5.56 Å². The third kappa shape index (κ3) is 2.50. The van der Waals surface area contributed by atoms with Crippen molar-refractivity contribution < 1.29 is 18.3 Å². The van der Waals surface area contributed by atoms with E-state index >= 15 is 0 Å². The molecule has 2 aromatic rings. The highest BCUT2D eigenvalue weighted by atomic mass is 19.3. The number of halogens is 2. The van der Waals surface area contributed by atoms with Crippen LogP contribution in [0.2, 0.25) is 0 Å². The van der Waals surface area contributed by atoms with Crippen molar-refractivity contribution in [2.24, 2.45) is 5.92 Å². The van der Waals surface area contributed by atoms with Crippen LogP contribution in [0, 0.1) is 5.92 Å². The van der Waals surface area contributed by atoms with Crippen molar-refractivity contribution >= 4 is 16.7 Å². The predicted octanol–water partition coefficient (Wildman–Crippen LogP) is 4.04. The average Bonchev–Trinajstić information content (AvgIpc) is 3.05. The molecule has 2 nitrogen and oxygen atoms in total. The number of alkyl halides is 2. The number of rotatable bonds is 4. The summed E-state index contributed by atoms with van der Waals surface area (Å²) in [5, 5.41) is 1.77. The monoisotopic (exact) mass is 276 g/mol. The molecule has 0 heterocycles. The summed E-state index contributed by atoms with van der Waals surface area (Å²) in [6.07, 6.45) is 0.141. The van der Waals surface area contributed by atoms with Crippen LogP contribution >= 0.6 is 0 Å². The van der Waals surface area contributed by atoms with Crippen molar-refractivity contribution in [3.05, 3.63) is 48.0 Å². The Morgan fingerprint density at radius 1 is 1.20 bits per heavy atom. The maximum Gasteiger partial charge on any atom is 0.338 e. The van der Waals surface area contributed by atoms with Gasteiger partial charge in [0, 0.05) is 12.3 Å². The van der Waals surface area contributed by atoms with Gasteiger partial charge in [0.25, 0.3) is 5.92 Å². The van der Waals surface area contributed by atoms with Crippen LogP contribution in [-0.2, 0) is 4.74 Å². The second-order valence-corrected chi connectivity index (χ2v) is 5.11. The standard InChI is InChI=1S/C16H14F2O2/c17-16(18)10-12(16)8-9-20-15(19)14-7-3-5-11-4-1-2-6-13(11)14/h1-7,12H,8-10H2. The zero-order valence-electron chi connectivity index (χ0n) is 10.8. The van der Waals surface area contributed by atoms with Gasteiger partial charge in [-0.15, -0.1) is 0 Å². The van der Waals surface area contributed by atoms with Crippen LogP contribution in [0.1, 0.15) is 23.2 Å². The lowest BCUT2D eigenvalue weighted by Crippen LogP contribution is -2.08. The zero-order valence-corrected chi connectivity index (χ0v) is 10.8. The van der Waals surface area contributed by atoms with E-state index in [1.165, 1.54) is 0 Å². The fourth-order valence-corrected chi connectivity index (χ4v) is 2.36. The van der Waals surface area contributed by atoms with Crippen LogP contribution in [-0.4, -0.2) is 18.5 Å². The molecular formula is C16H14F2O2. The first-order chi connectivity index (χ1) is 9.58. The molecule has 4 heteroatoms. The molecule has 0 aromatic heterocycles. The molecule has 0 amide bonds. The van der Waals surface area contributed by atoms with Crippen molar-refractivity contribution in [3.8, 4) is 0 Å². The number of benzene rings is 2. The summed E-state index contributed by atoms with van der Waals surface area (Å²) in [5.74, 6) is -3.63. The van der Waals surface area contributed by atoms with Crippen LogP contribution < -0.4 is 0 Å². The first kappa shape index (κ1) is 13.0. The summed E-state index contributed by atoms with van der Waals surface area (Å²) in [5.41, 5.74) is 0.477. The van der Waals surface area contributed by atoms with Gasteiger partial charge in [-0.25, -0.2) is 13.6 Å². The van der Waals surface area contributed by atoms with E-state index < -0.39 is 17.8 Å². The van der Waals surface area contributed by atoms with Gasteiger partial charge in [-0.2, -0.15) is 0 Å². The molecule has 0 aliphatic heterocycles. The number of hydrogen-bond acceptors (Lipinski definition) is 2. The summed E-state index contributed by atoms with van der Waals surface area (Å²) in [6, 6.07) is 12.9. The Bertz CT molecular complexity index is 646. The molecule has 0 spiro atoms. The highest BCUT2D eigenvalue weighted by Gasteiger charge is 2.56. The number of fused-ring (bicyclic) bond motifs is 1. The van der Waals surface area contributed by atoms with Crippen LogP contribution in [0.3, 0.4) is 0 Å². The minimum Gasteiger partial charge on any atom is -0.462 e. The molecule has 1 atom stereocenters. The van der Waals surface area contributed by atoms with Gasteiger partial charge in [0.05, 0.1) is 12.2 Å². The molecule has 3 rings (SSSR count). The molecule has 104 valence electrons. The van der Waals surface area contributed by atoms with Gasteiger partial charge in [0.2, 0.25) is 0 Å². The van der Waals surface area contributed by atoms with Crippen LogP contribution in [0.4, 0.5) is 8.78 Å². The molecule has 1 aliphatic carbocycles. The number of esters is 1. The Morgan fingerprint density at radius 2 is 1.90 bits per heavy atom. The first-order valence-electron chi connectivity index (χ1n) is 6.60. The number of ether oxygens (including phenoxy) is 1. The fourth-order valence-electron chi connectivity index (χ4n) is 2.36. The summed E-state index contributed by atoms with van der Waals surface area (Å²) < 4.78 is 30.5. The molecule has 20 heavy (non-hydrogen) atoms. The van der Waals surface area contributed by atoms with Gasteiger partial charge < -0.3 is 4.74 Å². The number of hydrogen-bond donors (Lipinski definition) is 0. The second-order valence-electron chi connectivity index (χ2n) is 5.11. The Labute approximate surface area is 115 Å². The van der Waals surface area contributed by atoms with Crippen molar-refractivity contribution in [2.75, 3.05) is 6.61 Å². The Hall–Kier alpha value is -1.97. The third-order valence-corrected chi connectivity index (χ3v) is 3.66. The van der Waals surface area contributed by atoms with E-state index in [-0.39, 0.29) is 19.4 Å². The van der Waals surface area contributed by atoms with E-state index in [2.05, 4.69) is 0 Å². The summed E-state index contributed by atoms with van der Waals surface area (Å²) in [4.78, 5) is 12.0. The van der Waals surface area contributed by atoms with Crippen LogP contribution in [0.25, 0.3) is 10.8 Å². The number of carbonyl (C=O) groups excluding carboxylic acids is 1. The van der Waals surface area contributed by atoms with Gasteiger partial charge in [-0.1, -0.05) is 36.4 Å². The molecule has 0 saturated heterocycles. The molecule has 1 fully saturated rings. The van der Waals surface area contributed by atoms with Gasteiger partial charge in [-0.05, 0) is 23.3 Å². The molecule has 0 bridgehead atoms. The lowest BCUT2D eigenvalue weighted by molar-refractivity contribution is 0.0454. The quantitative estimate of drug-likeness (QED) is 0.788. The van der Waals surface area contributed by atoms with Crippen LogP contribution in [0.5, 0.6) is 0 Å². The smallest absolute Gasteiger partial charge is 0.338 e. The van der Waals surface area contributed by atoms with Crippen LogP contribution in [0.15, 0.2) is 42.5 Å². The summed E-state index contributed by atoms with van der Waals surface area (Å²) >= 11 is 0. The molecular weight excluding hydrogens is 262 g/mol. The minimum absolute atomic E-state index is 0.0440. The summed E-state index contributed by atoms with van der Waals surface area (Å²) in [7, 11) is 0. The topological polar surface area (TPSA) is 26.3 Å². The molecule has 2 aromatic carbocycles. The Balaban J connectivity index is 1.67. The minimum atomic E-state index is -2.55. The van der Waals surface area contributed by atoms with Crippen molar-refractivity contribution in [1.82, 2.24) is 0 Å². The summed E-state index contributed by atoms with van der Waals surface area (Å²) in [6.45, 7) is 0.0440. The average molecular weight is 276 g/mol. The molecule has 1 unspecified atom stereocenters. The first-order valence-corrected chi connectivity index (χ1v) is 6.60. The lowest BCUT2D eigenvalue weighted by Gasteiger charge is -2.07. The Kier molecular flexibility index (Phi) is 3.16. The third-order valence-electron chi connectivity index (χ3n) is 3.66. The van der Waals surface area contributed by atoms with Gasteiger partial charge >= 0.3 is 5.97 Å². The lowest BCUT2D eigenvalue weighted by atomic mass is 10.1. The highest BCUT2D eigenvalue weighted by Crippen LogP contribution is 2.50.